The lowest BCUT2D eigenvalue weighted by Crippen LogP contribution is -2.22. The molecule has 92 valence electrons. The van der Waals surface area contributed by atoms with Crippen molar-refractivity contribution in [3.05, 3.63) is 0 Å². The quantitative estimate of drug-likeness (QED) is 0.508. The molecule has 2 nitrogen and oxygen atoms in total. The van der Waals surface area contributed by atoms with Crippen LogP contribution in [-0.2, 0) is 9.47 Å². The molecule has 0 aliphatic carbocycles. The third kappa shape index (κ3) is 6.87. The molecule has 1 fully saturated rings. The second-order valence-corrected chi connectivity index (χ2v) is 4.18. The molecular formula is C14H24O2. The minimum absolute atomic E-state index is 0.0774. The molecule has 1 aliphatic heterocycles. The van der Waals surface area contributed by atoms with Crippen molar-refractivity contribution in [3.63, 3.8) is 0 Å². The molecule has 0 aromatic carbocycles. The maximum absolute atomic E-state index is 5.65. The van der Waals surface area contributed by atoms with Crippen LogP contribution in [0.25, 0.3) is 0 Å². The minimum Gasteiger partial charge on any atom is -0.353 e. The summed E-state index contributed by atoms with van der Waals surface area (Å²) in [5.41, 5.74) is 0. The summed E-state index contributed by atoms with van der Waals surface area (Å²) in [5.74, 6) is 6.25. The Morgan fingerprint density at radius 1 is 1.19 bits per heavy atom. The monoisotopic (exact) mass is 224 g/mol. The molecule has 0 saturated carbocycles. The SMILES string of the molecule is CCC#CCCCCCOC1CCCCO1. The Balaban J connectivity index is 1.84. The Morgan fingerprint density at radius 2 is 2.12 bits per heavy atom. The Hall–Kier alpha value is -0.520. The van der Waals surface area contributed by atoms with Crippen molar-refractivity contribution in [1.29, 1.82) is 0 Å². The molecule has 0 spiro atoms. The second kappa shape index (κ2) is 9.69. The van der Waals surface area contributed by atoms with Crippen LogP contribution >= 0.6 is 0 Å². The molecule has 0 bridgehead atoms. The van der Waals surface area contributed by atoms with Crippen LogP contribution in [-0.4, -0.2) is 19.5 Å². The second-order valence-electron chi connectivity index (χ2n) is 4.18. The summed E-state index contributed by atoms with van der Waals surface area (Å²) in [7, 11) is 0. The van der Waals surface area contributed by atoms with E-state index in [0.717, 1.165) is 38.9 Å². The third-order valence-corrected chi connectivity index (χ3v) is 2.69. The van der Waals surface area contributed by atoms with Gasteiger partial charge in [0, 0.05) is 26.1 Å². The molecule has 1 aliphatic rings. The van der Waals surface area contributed by atoms with Crippen LogP contribution in [0.3, 0.4) is 0 Å². The fourth-order valence-corrected chi connectivity index (χ4v) is 1.76. The van der Waals surface area contributed by atoms with Gasteiger partial charge in [0.05, 0.1) is 0 Å². The zero-order valence-electron chi connectivity index (χ0n) is 10.5. The van der Waals surface area contributed by atoms with Crippen LogP contribution in [0.1, 0.15) is 58.3 Å². The first-order valence-electron chi connectivity index (χ1n) is 6.62. The van der Waals surface area contributed by atoms with E-state index < -0.39 is 0 Å². The molecule has 1 heterocycles. The molecule has 16 heavy (non-hydrogen) atoms. The Morgan fingerprint density at radius 3 is 2.88 bits per heavy atom. The van der Waals surface area contributed by atoms with Gasteiger partial charge in [-0.3, -0.25) is 0 Å². The average Bonchev–Trinajstić information content (AvgIpc) is 2.34. The lowest BCUT2D eigenvalue weighted by molar-refractivity contribution is -0.162. The largest absolute Gasteiger partial charge is 0.353 e. The topological polar surface area (TPSA) is 18.5 Å². The molecule has 0 amide bonds. The summed E-state index contributed by atoms with van der Waals surface area (Å²) in [6.07, 6.45) is 9.14. The molecular weight excluding hydrogens is 200 g/mol. The van der Waals surface area contributed by atoms with E-state index in [1.165, 1.54) is 25.7 Å². The van der Waals surface area contributed by atoms with Crippen molar-refractivity contribution in [1.82, 2.24) is 0 Å². The highest BCUT2D eigenvalue weighted by Crippen LogP contribution is 2.14. The van der Waals surface area contributed by atoms with Gasteiger partial charge < -0.3 is 9.47 Å². The van der Waals surface area contributed by atoms with Crippen molar-refractivity contribution < 1.29 is 9.47 Å². The maximum atomic E-state index is 5.65. The first-order valence-corrected chi connectivity index (χ1v) is 6.62. The Labute approximate surface area is 99.7 Å². The van der Waals surface area contributed by atoms with Gasteiger partial charge in [-0.1, -0.05) is 13.3 Å². The summed E-state index contributed by atoms with van der Waals surface area (Å²) in [6.45, 7) is 3.80. The molecule has 0 aromatic rings. The van der Waals surface area contributed by atoms with Crippen molar-refractivity contribution in [2.24, 2.45) is 0 Å². The van der Waals surface area contributed by atoms with Gasteiger partial charge in [0.15, 0.2) is 6.29 Å². The smallest absolute Gasteiger partial charge is 0.157 e. The number of hydrogen-bond acceptors (Lipinski definition) is 2. The van der Waals surface area contributed by atoms with Gasteiger partial charge in [-0.15, -0.1) is 11.8 Å². The number of hydrogen-bond donors (Lipinski definition) is 0. The van der Waals surface area contributed by atoms with Gasteiger partial charge in [-0.25, -0.2) is 0 Å². The van der Waals surface area contributed by atoms with Gasteiger partial charge >= 0.3 is 0 Å². The minimum atomic E-state index is 0.0774. The number of ether oxygens (including phenoxy) is 2. The van der Waals surface area contributed by atoms with Crippen molar-refractivity contribution in [2.75, 3.05) is 13.2 Å². The molecule has 1 atom stereocenters. The summed E-state index contributed by atoms with van der Waals surface area (Å²) < 4.78 is 11.1. The summed E-state index contributed by atoms with van der Waals surface area (Å²) in [6, 6.07) is 0. The van der Waals surface area contributed by atoms with E-state index in [0.29, 0.717) is 0 Å². The van der Waals surface area contributed by atoms with E-state index in [4.69, 9.17) is 9.47 Å². The number of unbranched alkanes of at least 4 members (excludes halogenated alkanes) is 3. The van der Waals surface area contributed by atoms with Crippen LogP contribution in [0.4, 0.5) is 0 Å². The van der Waals surface area contributed by atoms with Gasteiger partial charge in [-0.2, -0.15) is 0 Å². The average molecular weight is 224 g/mol. The van der Waals surface area contributed by atoms with Crippen LogP contribution < -0.4 is 0 Å². The Bertz CT molecular complexity index is 209. The summed E-state index contributed by atoms with van der Waals surface area (Å²) >= 11 is 0. The van der Waals surface area contributed by atoms with Crippen molar-refractivity contribution in [2.45, 2.75) is 64.6 Å². The van der Waals surface area contributed by atoms with E-state index in [2.05, 4.69) is 18.8 Å². The lowest BCUT2D eigenvalue weighted by atomic mass is 10.2. The molecule has 2 heteroatoms. The van der Waals surface area contributed by atoms with E-state index in [9.17, 15) is 0 Å². The van der Waals surface area contributed by atoms with E-state index in [-0.39, 0.29) is 6.29 Å². The number of rotatable bonds is 6. The van der Waals surface area contributed by atoms with Crippen LogP contribution in [0, 0.1) is 11.8 Å². The zero-order chi connectivity index (χ0) is 11.5. The van der Waals surface area contributed by atoms with Crippen LogP contribution in [0.2, 0.25) is 0 Å². The first kappa shape index (κ1) is 13.5. The fourth-order valence-electron chi connectivity index (χ4n) is 1.76. The molecule has 0 radical (unpaired) electrons. The highest BCUT2D eigenvalue weighted by atomic mass is 16.7. The van der Waals surface area contributed by atoms with Crippen LogP contribution in [0.5, 0.6) is 0 Å². The predicted octanol–water partition coefficient (Wildman–Crippen LogP) is 3.50. The molecule has 1 saturated heterocycles. The van der Waals surface area contributed by atoms with Gasteiger partial charge in [0.2, 0.25) is 0 Å². The lowest BCUT2D eigenvalue weighted by Gasteiger charge is -2.22. The van der Waals surface area contributed by atoms with Gasteiger partial charge in [0.25, 0.3) is 0 Å². The summed E-state index contributed by atoms with van der Waals surface area (Å²) in [4.78, 5) is 0. The molecule has 1 rings (SSSR count). The standard InChI is InChI=1S/C14H24O2/c1-2-3-4-5-6-7-9-12-15-14-11-8-10-13-16-14/h14H,2,5-13H2,1H3. The van der Waals surface area contributed by atoms with Crippen LogP contribution in [0.15, 0.2) is 0 Å². The highest BCUT2D eigenvalue weighted by molar-refractivity contribution is 4.97. The Kier molecular flexibility index (Phi) is 8.20. The highest BCUT2D eigenvalue weighted by Gasteiger charge is 2.12. The first-order chi connectivity index (χ1) is 7.93. The fraction of sp³-hybridized carbons (Fsp3) is 0.857. The summed E-state index contributed by atoms with van der Waals surface area (Å²) in [5, 5.41) is 0. The van der Waals surface area contributed by atoms with Gasteiger partial charge in [0.1, 0.15) is 0 Å². The van der Waals surface area contributed by atoms with E-state index in [1.807, 2.05) is 0 Å². The van der Waals surface area contributed by atoms with E-state index in [1.54, 1.807) is 0 Å². The molecule has 1 unspecified atom stereocenters. The third-order valence-electron chi connectivity index (χ3n) is 2.69. The van der Waals surface area contributed by atoms with Crippen molar-refractivity contribution in [3.8, 4) is 11.8 Å². The van der Waals surface area contributed by atoms with Crippen molar-refractivity contribution >= 4 is 0 Å². The zero-order valence-corrected chi connectivity index (χ0v) is 10.5. The maximum Gasteiger partial charge on any atom is 0.157 e. The normalized spacial score (nSPS) is 20.2. The predicted molar refractivity (Wildman–Crippen MR) is 66.1 cm³/mol. The van der Waals surface area contributed by atoms with E-state index >= 15 is 0 Å². The van der Waals surface area contributed by atoms with Gasteiger partial charge in [-0.05, 0) is 32.1 Å². The molecule has 0 N–H and O–H groups in total. The molecule has 0 aromatic heterocycles.